The van der Waals surface area contributed by atoms with Crippen LogP contribution in [0.3, 0.4) is 0 Å². The Balaban J connectivity index is 1.73. The first-order valence-corrected chi connectivity index (χ1v) is 10.1. The molecule has 0 saturated carbocycles. The maximum Gasteiger partial charge on any atom is 0.248 e. The molecule has 2 N–H and O–H groups in total. The fourth-order valence-corrected chi connectivity index (χ4v) is 3.82. The Labute approximate surface area is 182 Å². The quantitative estimate of drug-likeness (QED) is 0.318. The molecule has 0 radical (unpaired) electrons. The van der Waals surface area contributed by atoms with Gasteiger partial charge in [0.1, 0.15) is 11.0 Å². The van der Waals surface area contributed by atoms with Crippen molar-refractivity contribution in [2.45, 2.75) is 18.6 Å². The fourth-order valence-electron chi connectivity index (χ4n) is 3.01. The summed E-state index contributed by atoms with van der Waals surface area (Å²) in [6, 6.07) is 11.2. The molecule has 2 aromatic carbocycles. The third-order valence-corrected chi connectivity index (χ3v) is 5.54. The summed E-state index contributed by atoms with van der Waals surface area (Å²) in [6.07, 6.45) is -0.0237. The molecule has 2 aromatic rings. The van der Waals surface area contributed by atoms with E-state index >= 15 is 0 Å². The summed E-state index contributed by atoms with van der Waals surface area (Å²) in [5.74, 6) is -0.737. The molecule has 1 atom stereocenters. The number of para-hydroxylation sites is 2. The first-order valence-electron chi connectivity index (χ1n) is 9.23. The van der Waals surface area contributed by atoms with Crippen LogP contribution in [0.1, 0.15) is 18.9 Å². The number of thioether (sulfide) groups is 1. The largest absolute Gasteiger partial charge is 0.495 e. The summed E-state index contributed by atoms with van der Waals surface area (Å²) < 4.78 is 24.0. The van der Waals surface area contributed by atoms with Crippen molar-refractivity contribution < 1.29 is 23.5 Å². The second kappa shape index (κ2) is 9.61. The lowest BCUT2D eigenvalue weighted by molar-refractivity contribution is -0.121. The number of imide groups is 1. The van der Waals surface area contributed by atoms with Crippen molar-refractivity contribution in [3.8, 4) is 11.5 Å². The van der Waals surface area contributed by atoms with Gasteiger partial charge in [-0.3, -0.25) is 9.59 Å². The third-order valence-electron chi connectivity index (χ3n) is 4.56. The lowest BCUT2D eigenvalue weighted by atomic mass is 10.1. The van der Waals surface area contributed by atoms with E-state index in [9.17, 15) is 14.0 Å². The minimum Gasteiger partial charge on any atom is -0.495 e. The number of carbonyl (C=O) groups is 2. The van der Waals surface area contributed by atoms with Gasteiger partial charge in [0.15, 0.2) is 16.7 Å². The molecule has 1 aliphatic heterocycles. The van der Waals surface area contributed by atoms with Crippen molar-refractivity contribution in [1.82, 2.24) is 0 Å². The molecule has 0 aliphatic carbocycles. The number of hydrogen-bond acceptors (Lipinski definition) is 7. The normalized spacial score (nSPS) is 17.3. The Morgan fingerprint density at radius 1 is 1.13 bits per heavy atom. The zero-order chi connectivity index (χ0) is 22.5. The number of ether oxygens (including phenoxy) is 2. The lowest BCUT2D eigenvalue weighted by Crippen LogP contribution is -2.32. The molecule has 0 bridgehead atoms. The number of amidine groups is 1. The van der Waals surface area contributed by atoms with E-state index in [1.54, 1.807) is 37.3 Å². The van der Waals surface area contributed by atoms with Crippen LogP contribution in [0.2, 0.25) is 0 Å². The van der Waals surface area contributed by atoms with Crippen molar-refractivity contribution in [1.29, 1.82) is 0 Å². The molecule has 0 aromatic heterocycles. The molecule has 1 heterocycles. The number of halogens is 1. The Kier molecular flexibility index (Phi) is 6.91. The molecule has 1 unspecified atom stereocenters. The second-order valence-electron chi connectivity index (χ2n) is 6.52. The Hall–Kier alpha value is -3.40. The van der Waals surface area contributed by atoms with Gasteiger partial charge < -0.3 is 15.2 Å². The number of amides is 2. The molecule has 1 fully saturated rings. The zero-order valence-corrected chi connectivity index (χ0v) is 18.0. The number of anilines is 1. The number of rotatable bonds is 6. The van der Waals surface area contributed by atoms with Crippen LogP contribution in [0, 0.1) is 5.82 Å². The first kappa shape index (κ1) is 22.3. The maximum absolute atomic E-state index is 13.9. The van der Waals surface area contributed by atoms with E-state index in [1.165, 1.54) is 26.4 Å². The van der Waals surface area contributed by atoms with Gasteiger partial charge in [-0.15, -0.1) is 5.10 Å². The van der Waals surface area contributed by atoms with Crippen LogP contribution in [0.4, 0.5) is 10.1 Å². The average Bonchev–Trinajstić information content (AvgIpc) is 3.04. The van der Waals surface area contributed by atoms with Crippen molar-refractivity contribution >= 4 is 40.1 Å². The maximum atomic E-state index is 13.9. The molecule has 3 rings (SSSR count). The topological polar surface area (TPSA) is 107 Å². The zero-order valence-electron chi connectivity index (χ0n) is 17.2. The van der Waals surface area contributed by atoms with Gasteiger partial charge in [0.05, 0.1) is 25.6 Å². The molecule has 1 aliphatic rings. The Bertz CT molecular complexity index is 1070. The highest BCUT2D eigenvalue weighted by Crippen LogP contribution is 2.35. The van der Waals surface area contributed by atoms with E-state index in [2.05, 4.69) is 10.2 Å². The van der Waals surface area contributed by atoms with E-state index in [1.807, 2.05) is 0 Å². The lowest BCUT2D eigenvalue weighted by Gasteiger charge is -2.17. The van der Waals surface area contributed by atoms with Crippen LogP contribution in [-0.4, -0.2) is 42.2 Å². The van der Waals surface area contributed by atoms with Gasteiger partial charge in [-0.25, -0.2) is 9.29 Å². The van der Waals surface area contributed by atoms with Gasteiger partial charge >= 0.3 is 0 Å². The number of benzene rings is 2. The number of carbonyl (C=O) groups excluding carboxylic acids is 2. The highest BCUT2D eigenvalue weighted by atomic mass is 32.2. The smallest absolute Gasteiger partial charge is 0.248 e. The minimum absolute atomic E-state index is 0.0151. The van der Waals surface area contributed by atoms with Crippen LogP contribution in [-0.2, 0) is 9.59 Å². The molecule has 2 amide bonds. The molecule has 31 heavy (non-hydrogen) atoms. The van der Waals surface area contributed by atoms with E-state index in [4.69, 9.17) is 15.2 Å². The molecule has 0 spiro atoms. The molecular formula is C21H21FN4O4S. The van der Waals surface area contributed by atoms with Gasteiger partial charge in [0, 0.05) is 12.0 Å². The van der Waals surface area contributed by atoms with E-state index in [0.29, 0.717) is 22.7 Å². The van der Waals surface area contributed by atoms with Crippen LogP contribution >= 0.6 is 11.8 Å². The summed E-state index contributed by atoms with van der Waals surface area (Å²) in [5, 5.41) is 7.20. The number of nitrogens with zero attached hydrogens (tertiary/aromatic N) is 3. The van der Waals surface area contributed by atoms with Gasteiger partial charge in [0.25, 0.3) is 0 Å². The van der Waals surface area contributed by atoms with Crippen LogP contribution in [0.15, 0.2) is 52.7 Å². The van der Waals surface area contributed by atoms with Gasteiger partial charge in [0.2, 0.25) is 11.8 Å². The summed E-state index contributed by atoms with van der Waals surface area (Å²) in [4.78, 5) is 26.4. The highest BCUT2D eigenvalue weighted by molar-refractivity contribution is 8.14. The first-order chi connectivity index (χ1) is 14.8. The second-order valence-corrected chi connectivity index (χ2v) is 7.75. The van der Waals surface area contributed by atoms with Crippen LogP contribution in [0.25, 0.3) is 0 Å². The van der Waals surface area contributed by atoms with Crippen molar-refractivity contribution in [3.05, 3.63) is 53.8 Å². The van der Waals surface area contributed by atoms with Crippen LogP contribution in [0.5, 0.6) is 11.5 Å². The SMILES string of the molecule is COc1ccc(/C(C)=N/N=C(N)SC2CC(=O)N(c3ccccc3OC)C2=O)cc1F. The average molecular weight is 444 g/mol. The molecular weight excluding hydrogens is 423 g/mol. The van der Waals surface area contributed by atoms with Gasteiger partial charge in [-0.2, -0.15) is 5.10 Å². The van der Waals surface area contributed by atoms with E-state index in [0.717, 1.165) is 16.7 Å². The molecule has 162 valence electrons. The Morgan fingerprint density at radius 2 is 1.84 bits per heavy atom. The predicted octanol–water partition coefficient (Wildman–Crippen LogP) is 2.95. The molecule has 10 heteroatoms. The van der Waals surface area contributed by atoms with Crippen molar-refractivity contribution in [2.75, 3.05) is 19.1 Å². The third kappa shape index (κ3) is 4.85. The van der Waals surface area contributed by atoms with Gasteiger partial charge in [-0.05, 0) is 37.3 Å². The molecule has 1 saturated heterocycles. The minimum atomic E-state index is -0.727. The van der Waals surface area contributed by atoms with E-state index in [-0.39, 0.29) is 23.2 Å². The summed E-state index contributed by atoms with van der Waals surface area (Å²) in [6.45, 7) is 1.65. The number of nitrogens with two attached hydrogens (primary N) is 1. The van der Waals surface area contributed by atoms with Crippen LogP contribution < -0.4 is 20.1 Å². The number of methoxy groups -OCH3 is 2. The fraction of sp³-hybridized carbons (Fsp3) is 0.238. The summed E-state index contributed by atoms with van der Waals surface area (Å²) in [7, 11) is 2.85. The van der Waals surface area contributed by atoms with E-state index < -0.39 is 17.0 Å². The predicted molar refractivity (Wildman–Crippen MR) is 118 cm³/mol. The monoisotopic (exact) mass is 444 g/mol. The van der Waals surface area contributed by atoms with Crippen molar-refractivity contribution in [3.63, 3.8) is 0 Å². The summed E-state index contributed by atoms with van der Waals surface area (Å²) in [5.41, 5.74) is 7.23. The summed E-state index contributed by atoms with van der Waals surface area (Å²) >= 11 is 0.951. The standard InChI is InChI=1S/C21H21FN4O4S/c1-12(13-8-9-16(29-2)14(22)10-13)24-25-21(23)31-18-11-19(27)26(20(18)28)15-6-4-5-7-17(15)30-3/h4-10,18H,11H2,1-3H3,(H2,23,25)/b24-12+. The molecule has 8 nitrogen and oxygen atoms in total. The van der Waals surface area contributed by atoms with Crippen molar-refractivity contribution in [2.24, 2.45) is 15.9 Å². The number of hydrogen-bond donors (Lipinski definition) is 1. The Morgan fingerprint density at radius 3 is 2.52 bits per heavy atom. The highest BCUT2D eigenvalue weighted by Gasteiger charge is 2.41. The van der Waals surface area contributed by atoms with Gasteiger partial charge in [-0.1, -0.05) is 23.9 Å².